The van der Waals surface area contributed by atoms with Gasteiger partial charge in [-0.2, -0.15) is 0 Å². The number of hydrogen-bond donors (Lipinski definition) is 2. The van der Waals surface area contributed by atoms with Gasteiger partial charge in [0.1, 0.15) is 5.75 Å². The molecule has 0 unspecified atom stereocenters. The van der Waals surface area contributed by atoms with Crippen LogP contribution in [-0.4, -0.2) is 27.0 Å². The molecule has 0 aliphatic carbocycles. The average Bonchev–Trinajstić information content (AvgIpc) is 2.63. The molecule has 2 N–H and O–H groups in total. The fourth-order valence-electron chi connectivity index (χ4n) is 2.57. The Labute approximate surface area is 167 Å². The lowest BCUT2D eigenvalue weighted by Crippen LogP contribution is -2.38. The van der Waals surface area contributed by atoms with Gasteiger partial charge in [0.2, 0.25) is 0 Å². The molecule has 0 aromatic heterocycles. The summed E-state index contributed by atoms with van der Waals surface area (Å²) in [5.74, 6) is 0.574. The van der Waals surface area contributed by atoms with Crippen LogP contribution in [0.3, 0.4) is 0 Å². The fourth-order valence-corrected chi connectivity index (χ4v) is 3.78. The summed E-state index contributed by atoms with van der Waals surface area (Å²) in [4.78, 5) is 12.1. The van der Waals surface area contributed by atoms with Crippen molar-refractivity contribution in [2.75, 3.05) is 11.3 Å². The van der Waals surface area contributed by atoms with E-state index in [0.717, 1.165) is 11.1 Å². The van der Waals surface area contributed by atoms with Gasteiger partial charge in [-0.05, 0) is 62.1 Å². The summed E-state index contributed by atoms with van der Waals surface area (Å²) in [5, 5.41) is 2.81. The topological polar surface area (TPSA) is 84.5 Å². The van der Waals surface area contributed by atoms with Gasteiger partial charge in [0.15, 0.2) is 6.10 Å². The van der Waals surface area contributed by atoms with Crippen LogP contribution in [0.5, 0.6) is 5.75 Å². The van der Waals surface area contributed by atoms with E-state index >= 15 is 0 Å². The van der Waals surface area contributed by atoms with Gasteiger partial charge < -0.3 is 10.1 Å². The van der Waals surface area contributed by atoms with Crippen LogP contribution in [0, 0.1) is 19.8 Å². The number of benzene rings is 2. The van der Waals surface area contributed by atoms with Crippen molar-refractivity contribution < 1.29 is 17.9 Å². The third-order valence-corrected chi connectivity index (χ3v) is 5.58. The molecule has 1 atom stereocenters. The normalized spacial score (nSPS) is 12.5. The molecule has 0 bridgehead atoms. The minimum atomic E-state index is -3.72. The van der Waals surface area contributed by atoms with Crippen molar-refractivity contribution in [2.45, 2.75) is 45.6 Å². The summed E-state index contributed by atoms with van der Waals surface area (Å²) in [6, 6.07) is 11.6. The predicted octanol–water partition coefficient (Wildman–Crippen LogP) is 3.64. The second-order valence-corrected chi connectivity index (χ2v) is 8.93. The van der Waals surface area contributed by atoms with Gasteiger partial charge in [-0.1, -0.05) is 32.0 Å². The molecular weight excluding hydrogens is 376 g/mol. The van der Waals surface area contributed by atoms with E-state index < -0.39 is 16.1 Å². The Morgan fingerprint density at radius 2 is 1.57 bits per heavy atom. The van der Waals surface area contributed by atoms with Gasteiger partial charge in [-0.3, -0.25) is 9.52 Å². The smallest absolute Gasteiger partial charge is 0.261 e. The molecule has 0 fully saturated rings. The Bertz CT molecular complexity index is 902. The maximum atomic E-state index is 12.7. The van der Waals surface area contributed by atoms with E-state index in [1.54, 1.807) is 19.1 Å². The van der Waals surface area contributed by atoms with Crippen LogP contribution in [0.15, 0.2) is 47.4 Å². The first-order valence-electron chi connectivity index (χ1n) is 9.23. The number of nitrogens with one attached hydrogen (secondary N) is 2. The summed E-state index contributed by atoms with van der Waals surface area (Å²) in [6.07, 6.45) is -0.672. The number of sulfonamides is 1. The number of aryl methyl sites for hydroxylation is 2. The van der Waals surface area contributed by atoms with Crippen molar-refractivity contribution in [1.29, 1.82) is 0 Å². The minimum Gasteiger partial charge on any atom is -0.481 e. The highest BCUT2D eigenvalue weighted by molar-refractivity contribution is 7.92. The number of amides is 1. The van der Waals surface area contributed by atoms with E-state index in [4.69, 9.17) is 4.74 Å². The summed E-state index contributed by atoms with van der Waals surface area (Å²) in [7, 11) is -3.72. The van der Waals surface area contributed by atoms with Crippen molar-refractivity contribution in [3.63, 3.8) is 0 Å². The zero-order chi connectivity index (χ0) is 20.9. The van der Waals surface area contributed by atoms with Crippen LogP contribution in [0.1, 0.15) is 31.9 Å². The third kappa shape index (κ3) is 5.73. The summed E-state index contributed by atoms with van der Waals surface area (Å²) in [6.45, 7) is 9.96. The largest absolute Gasteiger partial charge is 0.481 e. The number of ether oxygens (including phenoxy) is 1. The number of carbonyl (C=O) groups is 1. The molecule has 0 spiro atoms. The highest BCUT2D eigenvalue weighted by Gasteiger charge is 2.18. The van der Waals surface area contributed by atoms with Crippen LogP contribution < -0.4 is 14.8 Å². The van der Waals surface area contributed by atoms with E-state index in [1.165, 1.54) is 12.1 Å². The van der Waals surface area contributed by atoms with E-state index in [1.807, 2.05) is 45.9 Å². The molecule has 1 amide bonds. The minimum absolute atomic E-state index is 0.124. The first-order chi connectivity index (χ1) is 13.1. The van der Waals surface area contributed by atoms with E-state index in [9.17, 15) is 13.2 Å². The van der Waals surface area contributed by atoms with E-state index in [2.05, 4.69) is 10.0 Å². The molecule has 2 aromatic carbocycles. The first-order valence-corrected chi connectivity index (χ1v) is 10.7. The second kappa shape index (κ2) is 9.10. The molecule has 7 heteroatoms. The third-order valence-electron chi connectivity index (χ3n) is 4.22. The fraction of sp³-hybridized carbons (Fsp3) is 0.381. The lowest BCUT2D eigenvalue weighted by molar-refractivity contribution is -0.127. The molecular formula is C21H28N2O4S. The van der Waals surface area contributed by atoms with E-state index in [-0.39, 0.29) is 10.8 Å². The number of para-hydroxylation sites is 1. The van der Waals surface area contributed by atoms with Crippen molar-refractivity contribution in [3.8, 4) is 5.75 Å². The molecule has 28 heavy (non-hydrogen) atoms. The van der Waals surface area contributed by atoms with Gasteiger partial charge in [0, 0.05) is 6.54 Å². The number of hydrogen-bond acceptors (Lipinski definition) is 4. The molecule has 0 aliphatic rings. The Hall–Kier alpha value is -2.54. The van der Waals surface area contributed by atoms with E-state index in [0.29, 0.717) is 23.9 Å². The lowest BCUT2D eigenvalue weighted by atomic mass is 10.1. The molecule has 0 saturated heterocycles. The van der Waals surface area contributed by atoms with Crippen LogP contribution in [-0.2, 0) is 14.8 Å². The van der Waals surface area contributed by atoms with Crippen molar-refractivity contribution >= 4 is 21.6 Å². The molecule has 0 heterocycles. The first kappa shape index (κ1) is 21.8. The molecule has 0 saturated carbocycles. The maximum absolute atomic E-state index is 12.7. The van der Waals surface area contributed by atoms with Gasteiger partial charge in [0.05, 0.1) is 10.6 Å². The Morgan fingerprint density at radius 3 is 2.11 bits per heavy atom. The van der Waals surface area contributed by atoms with Gasteiger partial charge >= 0.3 is 0 Å². The summed E-state index contributed by atoms with van der Waals surface area (Å²) >= 11 is 0. The lowest BCUT2D eigenvalue weighted by Gasteiger charge is -2.16. The zero-order valence-corrected chi connectivity index (χ0v) is 17.8. The average molecular weight is 405 g/mol. The number of carbonyl (C=O) groups excluding carboxylic acids is 1. The Kier molecular flexibility index (Phi) is 7.07. The van der Waals surface area contributed by atoms with Gasteiger partial charge in [0.25, 0.3) is 15.9 Å². The van der Waals surface area contributed by atoms with Crippen LogP contribution in [0.4, 0.5) is 5.69 Å². The molecule has 152 valence electrons. The highest BCUT2D eigenvalue weighted by Crippen LogP contribution is 2.24. The second-order valence-electron chi connectivity index (χ2n) is 7.24. The molecule has 0 aliphatic heterocycles. The van der Waals surface area contributed by atoms with Crippen LogP contribution >= 0.6 is 0 Å². The van der Waals surface area contributed by atoms with Gasteiger partial charge in [-0.25, -0.2) is 8.42 Å². The van der Waals surface area contributed by atoms with Crippen molar-refractivity contribution in [1.82, 2.24) is 5.32 Å². The Morgan fingerprint density at radius 1 is 1.00 bits per heavy atom. The summed E-state index contributed by atoms with van der Waals surface area (Å²) < 4.78 is 33.6. The maximum Gasteiger partial charge on any atom is 0.261 e. The predicted molar refractivity (Wildman–Crippen MR) is 111 cm³/mol. The van der Waals surface area contributed by atoms with Crippen molar-refractivity contribution in [2.24, 2.45) is 5.92 Å². The zero-order valence-electron chi connectivity index (χ0n) is 16.9. The summed E-state index contributed by atoms with van der Waals surface area (Å²) in [5.41, 5.74) is 2.28. The van der Waals surface area contributed by atoms with Crippen LogP contribution in [0.2, 0.25) is 0 Å². The molecule has 2 rings (SSSR count). The van der Waals surface area contributed by atoms with Crippen LogP contribution in [0.25, 0.3) is 0 Å². The Balaban J connectivity index is 2.08. The molecule has 6 nitrogen and oxygen atoms in total. The highest BCUT2D eigenvalue weighted by atomic mass is 32.2. The molecule has 2 aromatic rings. The standard InChI is InChI=1S/C21H28N2O4S/c1-14(2)13-22-21(24)17(5)27-18-9-11-19(12-10-18)28(25,26)23-20-15(3)7-6-8-16(20)4/h6-12,14,17,23H,13H2,1-5H3,(H,22,24)/t17-/m0/s1. The quantitative estimate of drug-likeness (QED) is 0.703. The number of anilines is 1. The monoisotopic (exact) mass is 404 g/mol. The molecule has 0 radical (unpaired) electrons. The van der Waals surface area contributed by atoms with Crippen molar-refractivity contribution in [3.05, 3.63) is 53.6 Å². The SMILES string of the molecule is Cc1cccc(C)c1NS(=O)(=O)c1ccc(O[C@@H](C)C(=O)NCC(C)C)cc1. The van der Waals surface area contributed by atoms with Gasteiger partial charge in [-0.15, -0.1) is 0 Å². The number of rotatable bonds is 8.